The van der Waals surface area contributed by atoms with Crippen LogP contribution in [-0.4, -0.2) is 49.4 Å². The van der Waals surface area contributed by atoms with E-state index in [1.807, 2.05) is 60.7 Å². The Morgan fingerprint density at radius 2 is 1.59 bits per heavy atom. The Labute approximate surface area is 234 Å². The first kappa shape index (κ1) is 27.6. The summed E-state index contributed by atoms with van der Waals surface area (Å²) in [5, 5.41) is 7.30. The summed E-state index contributed by atoms with van der Waals surface area (Å²) in [6, 6.07) is 24.2. The van der Waals surface area contributed by atoms with Crippen molar-refractivity contribution in [2.24, 2.45) is 0 Å². The number of fused-ring (bicyclic) bond motifs is 1. The molecular formula is C29H27BrN4O5. The number of rotatable bonds is 10. The van der Waals surface area contributed by atoms with Crippen molar-refractivity contribution >= 4 is 56.2 Å². The molecule has 0 aliphatic rings. The fourth-order valence-corrected chi connectivity index (χ4v) is 4.19. The Morgan fingerprint density at radius 1 is 0.846 bits per heavy atom. The van der Waals surface area contributed by atoms with Gasteiger partial charge in [0.15, 0.2) is 0 Å². The van der Waals surface area contributed by atoms with Crippen molar-refractivity contribution in [3.8, 4) is 0 Å². The molecular weight excluding hydrogens is 564 g/mol. The number of halogens is 1. The maximum Gasteiger partial charge on any atom is 0.411 e. The van der Waals surface area contributed by atoms with Crippen LogP contribution in [-0.2, 0) is 9.47 Å². The van der Waals surface area contributed by atoms with E-state index in [9.17, 15) is 14.4 Å². The first-order valence-electron chi connectivity index (χ1n) is 12.3. The quantitative estimate of drug-likeness (QED) is 0.219. The number of para-hydroxylation sites is 1. The molecule has 4 aromatic rings. The smallest absolute Gasteiger partial charge is 0.411 e. The van der Waals surface area contributed by atoms with Crippen molar-refractivity contribution in [3.63, 3.8) is 0 Å². The van der Waals surface area contributed by atoms with Crippen LogP contribution < -0.4 is 15.5 Å². The van der Waals surface area contributed by atoms with Gasteiger partial charge in [-0.05, 0) is 52.0 Å². The molecule has 2 N–H and O–H groups in total. The van der Waals surface area contributed by atoms with Crippen LogP contribution in [0.5, 0.6) is 0 Å². The number of alkyl carbamates (subject to hydrolysis) is 1. The number of hydrogen-bond donors (Lipinski definition) is 2. The Kier molecular flexibility index (Phi) is 9.85. The summed E-state index contributed by atoms with van der Waals surface area (Å²) < 4.78 is 11.2. The molecule has 4 rings (SSSR count). The highest BCUT2D eigenvalue weighted by Crippen LogP contribution is 2.23. The van der Waals surface area contributed by atoms with E-state index in [-0.39, 0.29) is 32.2 Å². The lowest BCUT2D eigenvalue weighted by molar-refractivity contribution is 0.0972. The largest absolute Gasteiger partial charge is 0.449 e. The molecule has 1 heterocycles. The van der Waals surface area contributed by atoms with E-state index >= 15 is 0 Å². The predicted molar refractivity (Wildman–Crippen MR) is 153 cm³/mol. The second kappa shape index (κ2) is 13.9. The summed E-state index contributed by atoms with van der Waals surface area (Å²) in [4.78, 5) is 43.0. The summed E-state index contributed by atoms with van der Waals surface area (Å²) in [5.41, 5.74) is 1.74. The van der Waals surface area contributed by atoms with Gasteiger partial charge in [-0.1, -0.05) is 54.6 Å². The maximum atomic E-state index is 13.1. The van der Waals surface area contributed by atoms with Gasteiger partial charge in [0.05, 0.1) is 24.4 Å². The number of benzene rings is 3. The Bertz CT molecular complexity index is 1430. The number of nitrogens with one attached hydrogen (secondary N) is 2. The van der Waals surface area contributed by atoms with Crippen LogP contribution in [0.25, 0.3) is 10.8 Å². The summed E-state index contributed by atoms with van der Waals surface area (Å²) in [6.45, 7) is 0.511. The SMILES string of the molecule is O=C(NCCCOC(=O)Nc1cccc2ccccc12)OCCN(C(=O)c1cncc(Br)c1)c1ccccc1. The molecule has 3 amide bonds. The second-order valence-electron chi connectivity index (χ2n) is 8.39. The molecule has 0 spiro atoms. The number of pyridine rings is 1. The van der Waals surface area contributed by atoms with E-state index in [0.717, 1.165) is 10.8 Å². The zero-order valence-electron chi connectivity index (χ0n) is 21.0. The van der Waals surface area contributed by atoms with E-state index < -0.39 is 12.2 Å². The number of hydrogen-bond acceptors (Lipinski definition) is 6. The van der Waals surface area contributed by atoms with Crippen LogP contribution in [0.3, 0.4) is 0 Å². The number of anilines is 2. The predicted octanol–water partition coefficient (Wildman–Crippen LogP) is 6.01. The van der Waals surface area contributed by atoms with Gasteiger partial charge in [0.1, 0.15) is 6.61 Å². The second-order valence-corrected chi connectivity index (χ2v) is 9.30. The lowest BCUT2D eigenvalue weighted by Gasteiger charge is -2.23. The van der Waals surface area contributed by atoms with Gasteiger partial charge in [-0.15, -0.1) is 0 Å². The summed E-state index contributed by atoms with van der Waals surface area (Å²) in [5.74, 6) is -0.266. The van der Waals surface area contributed by atoms with E-state index in [1.54, 1.807) is 24.4 Å². The molecule has 0 unspecified atom stereocenters. The van der Waals surface area contributed by atoms with Crippen molar-refractivity contribution in [1.29, 1.82) is 0 Å². The number of carbonyl (C=O) groups excluding carboxylic acids is 3. The lowest BCUT2D eigenvalue weighted by Crippen LogP contribution is -2.36. The minimum absolute atomic E-state index is 0.0160. The molecule has 0 aliphatic carbocycles. The number of amides is 3. The normalized spacial score (nSPS) is 10.5. The highest BCUT2D eigenvalue weighted by atomic mass is 79.9. The molecule has 200 valence electrons. The van der Waals surface area contributed by atoms with Crippen molar-refractivity contribution in [1.82, 2.24) is 10.3 Å². The third-order valence-corrected chi connectivity index (χ3v) is 6.10. The maximum absolute atomic E-state index is 13.1. The van der Waals surface area contributed by atoms with E-state index in [0.29, 0.717) is 27.8 Å². The molecule has 0 radical (unpaired) electrons. The van der Waals surface area contributed by atoms with Gasteiger partial charge >= 0.3 is 12.2 Å². The molecule has 0 saturated heterocycles. The first-order valence-corrected chi connectivity index (χ1v) is 13.1. The molecule has 0 bridgehead atoms. The van der Waals surface area contributed by atoms with Gasteiger partial charge < -0.3 is 19.7 Å². The van der Waals surface area contributed by atoms with Crippen LogP contribution in [0.4, 0.5) is 21.0 Å². The lowest BCUT2D eigenvalue weighted by atomic mass is 10.1. The number of nitrogens with zero attached hydrogens (tertiary/aromatic N) is 2. The molecule has 0 saturated carbocycles. The summed E-state index contributed by atoms with van der Waals surface area (Å²) in [6.07, 6.45) is 2.29. The van der Waals surface area contributed by atoms with Crippen molar-refractivity contribution in [3.05, 3.63) is 101 Å². The van der Waals surface area contributed by atoms with Crippen molar-refractivity contribution in [2.75, 3.05) is 36.5 Å². The highest BCUT2D eigenvalue weighted by Gasteiger charge is 2.19. The molecule has 0 aliphatic heterocycles. The van der Waals surface area contributed by atoms with Crippen molar-refractivity contribution in [2.45, 2.75) is 6.42 Å². The van der Waals surface area contributed by atoms with Crippen molar-refractivity contribution < 1.29 is 23.9 Å². The third kappa shape index (κ3) is 8.02. The van der Waals surface area contributed by atoms with Crippen LogP contribution in [0.1, 0.15) is 16.8 Å². The van der Waals surface area contributed by atoms with E-state index in [2.05, 4.69) is 31.5 Å². The van der Waals surface area contributed by atoms with Crippen LogP contribution >= 0.6 is 15.9 Å². The molecule has 39 heavy (non-hydrogen) atoms. The molecule has 3 aromatic carbocycles. The third-order valence-electron chi connectivity index (χ3n) is 5.66. The van der Waals surface area contributed by atoms with Gasteiger partial charge in [0.25, 0.3) is 5.91 Å². The van der Waals surface area contributed by atoms with Gasteiger partial charge in [-0.3, -0.25) is 15.1 Å². The standard InChI is InChI=1S/C29H27BrN4O5/c30-23-18-22(19-31-20-23)27(35)34(24-10-2-1-3-11-24)15-17-39-28(36)32-14-7-16-38-29(37)33-26-13-6-9-21-8-4-5-12-25(21)26/h1-6,8-13,18-20H,7,14-17H2,(H,32,36)(H,33,37). The molecule has 9 nitrogen and oxygen atoms in total. The van der Waals surface area contributed by atoms with Gasteiger partial charge in [-0.25, -0.2) is 9.59 Å². The summed E-state index contributed by atoms with van der Waals surface area (Å²) in [7, 11) is 0. The molecule has 1 aromatic heterocycles. The Morgan fingerprint density at radius 3 is 2.41 bits per heavy atom. The number of aromatic nitrogens is 1. The fourth-order valence-electron chi connectivity index (χ4n) is 3.83. The van der Waals surface area contributed by atoms with Crippen LogP contribution in [0, 0.1) is 0 Å². The Balaban J connectivity index is 1.18. The average Bonchev–Trinajstić information content (AvgIpc) is 2.95. The topological polar surface area (TPSA) is 110 Å². The molecule has 0 fully saturated rings. The zero-order valence-corrected chi connectivity index (χ0v) is 22.6. The summed E-state index contributed by atoms with van der Waals surface area (Å²) >= 11 is 3.33. The minimum atomic E-state index is -0.625. The monoisotopic (exact) mass is 590 g/mol. The fraction of sp³-hybridized carbons (Fsp3) is 0.172. The highest BCUT2D eigenvalue weighted by molar-refractivity contribution is 9.10. The van der Waals surface area contributed by atoms with E-state index in [4.69, 9.17) is 9.47 Å². The van der Waals surface area contributed by atoms with Gasteiger partial charge in [0.2, 0.25) is 0 Å². The van der Waals surface area contributed by atoms with Crippen LogP contribution in [0.15, 0.2) is 95.7 Å². The van der Waals surface area contributed by atoms with Gasteiger partial charge in [0, 0.05) is 34.5 Å². The zero-order chi connectivity index (χ0) is 27.5. The Hall–Kier alpha value is -4.44. The van der Waals surface area contributed by atoms with E-state index in [1.165, 1.54) is 11.1 Å². The average molecular weight is 591 g/mol. The van der Waals surface area contributed by atoms with Crippen LogP contribution in [0.2, 0.25) is 0 Å². The molecule has 0 atom stereocenters. The number of ether oxygens (including phenoxy) is 2. The van der Waals surface area contributed by atoms with Gasteiger partial charge in [-0.2, -0.15) is 0 Å². The molecule has 10 heteroatoms. The number of carbonyl (C=O) groups is 3. The minimum Gasteiger partial charge on any atom is -0.449 e. The first-order chi connectivity index (χ1) is 19.0.